The molecule has 0 aliphatic heterocycles. The second kappa shape index (κ2) is 6.01. The molecule has 5 nitrogen and oxygen atoms in total. The Labute approximate surface area is 134 Å². The molecule has 0 unspecified atom stereocenters. The monoisotopic (exact) mass is 340 g/mol. The zero-order chi connectivity index (χ0) is 14.8. The summed E-state index contributed by atoms with van der Waals surface area (Å²) in [7, 11) is 0. The number of thiophene rings is 1. The molecular weight excluding hydrogens is 331 g/mol. The first-order valence-corrected chi connectivity index (χ1v) is 7.74. The van der Waals surface area contributed by atoms with Crippen molar-refractivity contribution in [1.82, 2.24) is 19.9 Å². The van der Waals surface area contributed by atoms with Crippen molar-refractivity contribution in [2.45, 2.75) is 6.42 Å². The van der Waals surface area contributed by atoms with Crippen LogP contribution in [0.25, 0.3) is 5.65 Å². The molecule has 0 aromatic carbocycles. The van der Waals surface area contributed by atoms with Crippen molar-refractivity contribution in [3.05, 3.63) is 50.5 Å². The summed E-state index contributed by atoms with van der Waals surface area (Å²) in [5.41, 5.74) is 1.18. The first kappa shape index (κ1) is 14.3. The van der Waals surface area contributed by atoms with Gasteiger partial charge in [-0.3, -0.25) is 9.20 Å². The molecule has 0 aliphatic rings. The number of aromatic nitrogens is 3. The van der Waals surface area contributed by atoms with Crippen LogP contribution in [0.15, 0.2) is 30.5 Å². The average molecular weight is 341 g/mol. The minimum absolute atomic E-state index is 0.239. The lowest BCUT2D eigenvalue weighted by Gasteiger charge is -2.03. The molecule has 8 heteroatoms. The molecule has 0 spiro atoms. The molecule has 0 fully saturated rings. The second-order valence-electron chi connectivity index (χ2n) is 4.29. The Kier molecular flexibility index (Phi) is 4.10. The molecule has 3 heterocycles. The van der Waals surface area contributed by atoms with E-state index < -0.39 is 0 Å². The molecule has 3 aromatic heterocycles. The van der Waals surface area contributed by atoms with Crippen LogP contribution in [0.5, 0.6) is 0 Å². The van der Waals surface area contributed by atoms with Gasteiger partial charge in [0.1, 0.15) is 10.2 Å². The molecule has 3 rings (SSSR count). The van der Waals surface area contributed by atoms with Crippen LogP contribution >= 0.6 is 34.5 Å². The molecule has 0 radical (unpaired) electrons. The number of pyridine rings is 1. The third-order valence-corrected chi connectivity index (χ3v) is 4.41. The maximum absolute atomic E-state index is 12.0. The van der Waals surface area contributed by atoms with E-state index in [9.17, 15) is 4.79 Å². The Morgan fingerprint density at radius 3 is 2.95 bits per heavy atom. The maximum Gasteiger partial charge on any atom is 0.253 e. The van der Waals surface area contributed by atoms with Gasteiger partial charge in [0.15, 0.2) is 5.65 Å². The Bertz CT molecular complexity index is 798. The van der Waals surface area contributed by atoms with Gasteiger partial charge < -0.3 is 5.32 Å². The minimum atomic E-state index is -0.239. The predicted molar refractivity (Wildman–Crippen MR) is 83.4 cm³/mol. The van der Waals surface area contributed by atoms with Gasteiger partial charge in [-0.15, -0.1) is 21.5 Å². The van der Waals surface area contributed by atoms with E-state index in [2.05, 4.69) is 15.5 Å². The van der Waals surface area contributed by atoms with Crippen LogP contribution in [0.3, 0.4) is 0 Å². The van der Waals surface area contributed by atoms with Crippen LogP contribution in [0.1, 0.15) is 16.2 Å². The highest BCUT2D eigenvalue weighted by Crippen LogP contribution is 2.30. The van der Waals surface area contributed by atoms with Gasteiger partial charge in [-0.1, -0.05) is 29.3 Å². The van der Waals surface area contributed by atoms with E-state index in [0.29, 0.717) is 27.2 Å². The van der Waals surface area contributed by atoms with Gasteiger partial charge in [-0.2, -0.15) is 0 Å². The Morgan fingerprint density at radius 1 is 1.33 bits per heavy atom. The highest BCUT2D eigenvalue weighted by atomic mass is 35.5. The van der Waals surface area contributed by atoms with Crippen LogP contribution in [0.4, 0.5) is 0 Å². The van der Waals surface area contributed by atoms with Crippen molar-refractivity contribution in [2.24, 2.45) is 0 Å². The molecule has 0 atom stereocenters. The third-order valence-electron chi connectivity index (χ3n) is 2.92. The number of nitrogens with one attached hydrogen (secondary N) is 1. The zero-order valence-corrected chi connectivity index (χ0v) is 13.0. The summed E-state index contributed by atoms with van der Waals surface area (Å²) in [6.45, 7) is 0.443. The van der Waals surface area contributed by atoms with Crippen molar-refractivity contribution < 1.29 is 4.79 Å². The van der Waals surface area contributed by atoms with E-state index in [0.717, 1.165) is 11.5 Å². The first-order chi connectivity index (χ1) is 10.1. The lowest BCUT2D eigenvalue weighted by Crippen LogP contribution is -2.26. The minimum Gasteiger partial charge on any atom is -0.352 e. The van der Waals surface area contributed by atoms with Gasteiger partial charge in [-0.05, 0) is 18.2 Å². The molecule has 0 aliphatic carbocycles. The second-order valence-corrected chi connectivity index (χ2v) is 6.57. The molecule has 0 bridgehead atoms. The summed E-state index contributed by atoms with van der Waals surface area (Å²) in [5.74, 6) is 0.553. The largest absolute Gasteiger partial charge is 0.352 e. The number of rotatable bonds is 4. The van der Waals surface area contributed by atoms with E-state index in [1.54, 1.807) is 6.07 Å². The number of hydrogen-bond acceptors (Lipinski definition) is 4. The van der Waals surface area contributed by atoms with E-state index in [1.807, 2.05) is 28.8 Å². The van der Waals surface area contributed by atoms with E-state index in [4.69, 9.17) is 23.2 Å². The van der Waals surface area contributed by atoms with Crippen LogP contribution in [0.2, 0.25) is 8.67 Å². The zero-order valence-electron chi connectivity index (χ0n) is 10.7. The van der Waals surface area contributed by atoms with Gasteiger partial charge in [-0.25, -0.2) is 0 Å². The van der Waals surface area contributed by atoms with Crippen LogP contribution in [0, 0.1) is 0 Å². The molecule has 1 amide bonds. The standard InChI is InChI=1S/C13H10Cl2N4OS/c14-9-7-8(12(15)21-9)13(20)16-5-4-11-18-17-10-3-1-2-6-19(10)11/h1-3,6-7H,4-5H2,(H,16,20). The molecule has 0 saturated heterocycles. The number of nitrogens with zero attached hydrogens (tertiary/aromatic N) is 3. The highest BCUT2D eigenvalue weighted by Gasteiger charge is 2.14. The Morgan fingerprint density at radius 2 is 2.19 bits per heavy atom. The fraction of sp³-hybridized carbons (Fsp3) is 0.154. The smallest absolute Gasteiger partial charge is 0.253 e. The Balaban J connectivity index is 1.64. The average Bonchev–Trinajstić information content (AvgIpc) is 3.02. The number of carbonyl (C=O) groups excluding carboxylic acids is 1. The van der Waals surface area contributed by atoms with Crippen molar-refractivity contribution >= 4 is 46.1 Å². The topological polar surface area (TPSA) is 59.3 Å². The van der Waals surface area contributed by atoms with Gasteiger partial charge in [0, 0.05) is 19.2 Å². The van der Waals surface area contributed by atoms with Gasteiger partial charge in [0.2, 0.25) is 0 Å². The summed E-state index contributed by atoms with van der Waals surface area (Å²) in [5, 5.41) is 11.0. The molecule has 3 aromatic rings. The van der Waals surface area contributed by atoms with Crippen molar-refractivity contribution in [2.75, 3.05) is 6.54 Å². The molecule has 21 heavy (non-hydrogen) atoms. The lowest BCUT2D eigenvalue weighted by atomic mass is 10.3. The fourth-order valence-corrected chi connectivity index (χ4v) is 3.40. The number of carbonyl (C=O) groups is 1. The quantitative estimate of drug-likeness (QED) is 0.793. The van der Waals surface area contributed by atoms with Crippen LogP contribution in [-0.2, 0) is 6.42 Å². The molecular formula is C13H10Cl2N4OS. The van der Waals surface area contributed by atoms with Gasteiger partial charge in [0.05, 0.1) is 9.90 Å². The number of amides is 1. The molecule has 1 N–H and O–H groups in total. The third kappa shape index (κ3) is 3.02. The summed E-state index contributed by atoms with van der Waals surface area (Å²) >= 11 is 12.9. The lowest BCUT2D eigenvalue weighted by molar-refractivity contribution is 0.0954. The number of halogens is 2. The van der Waals surface area contributed by atoms with E-state index >= 15 is 0 Å². The van der Waals surface area contributed by atoms with Crippen molar-refractivity contribution in [3.63, 3.8) is 0 Å². The summed E-state index contributed by atoms with van der Waals surface area (Å²) < 4.78 is 2.78. The Hall–Kier alpha value is -1.63. The predicted octanol–water partition coefficient (Wildman–Crippen LogP) is 3.07. The number of hydrogen-bond donors (Lipinski definition) is 1. The summed E-state index contributed by atoms with van der Waals surface area (Å²) in [4.78, 5) is 12.0. The van der Waals surface area contributed by atoms with Crippen molar-refractivity contribution in [3.8, 4) is 0 Å². The van der Waals surface area contributed by atoms with E-state index in [1.165, 1.54) is 11.3 Å². The van der Waals surface area contributed by atoms with Crippen molar-refractivity contribution in [1.29, 1.82) is 0 Å². The van der Waals surface area contributed by atoms with Gasteiger partial charge in [0.25, 0.3) is 5.91 Å². The normalized spacial score (nSPS) is 11.0. The van der Waals surface area contributed by atoms with Gasteiger partial charge >= 0.3 is 0 Å². The molecule has 108 valence electrons. The highest BCUT2D eigenvalue weighted by molar-refractivity contribution is 7.20. The van der Waals surface area contributed by atoms with E-state index in [-0.39, 0.29) is 5.91 Å². The van der Waals surface area contributed by atoms with Crippen LogP contribution in [-0.4, -0.2) is 27.0 Å². The maximum atomic E-state index is 12.0. The summed E-state index contributed by atoms with van der Waals surface area (Å²) in [6.07, 6.45) is 2.47. The number of fused-ring (bicyclic) bond motifs is 1. The molecule has 0 saturated carbocycles. The first-order valence-electron chi connectivity index (χ1n) is 6.17. The fourth-order valence-electron chi connectivity index (χ4n) is 1.94. The summed E-state index contributed by atoms with van der Waals surface area (Å²) in [6, 6.07) is 7.25. The SMILES string of the molecule is O=C(NCCc1nnc2ccccn12)c1cc(Cl)sc1Cl. The van der Waals surface area contributed by atoms with Crippen LogP contribution < -0.4 is 5.32 Å².